The molecule has 0 aliphatic carbocycles. The molecule has 170 valence electrons. The van der Waals surface area contributed by atoms with Crippen molar-refractivity contribution in [2.75, 3.05) is 52.6 Å². The average Bonchev–Trinajstić information content (AvgIpc) is 2.59. The molecule has 0 bridgehead atoms. The Morgan fingerprint density at radius 2 is 1.67 bits per heavy atom. The molecule has 1 saturated heterocycles. The Balaban J connectivity index is 1.91. The minimum atomic E-state index is -4.40. The fourth-order valence-electron chi connectivity index (χ4n) is 3.48. The van der Waals surface area contributed by atoms with Gasteiger partial charge in [-0.25, -0.2) is 8.42 Å². The normalized spacial score (nSPS) is 16.2. The van der Waals surface area contributed by atoms with E-state index >= 15 is 0 Å². The average molecular weight is 452 g/mol. The predicted octanol–water partition coefficient (Wildman–Crippen LogP) is 1.78. The Labute approximate surface area is 175 Å². The van der Waals surface area contributed by atoms with E-state index < -0.39 is 22.8 Å². The third-order valence-electron chi connectivity index (χ3n) is 4.82. The summed E-state index contributed by atoms with van der Waals surface area (Å²) in [6.45, 7) is 3.91. The molecule has 0 atom stereocenters. The highest BCUT2D eigenvalue weighted by Gasteiger charge is 2.29. The van der Waals surface area contributed by atoms with E-state index in [1.54, 1.807) is 37.9 Å². The van der Waals surface area contributed by atoms with Crippen LogP contribution in [-0.4, -0.2) is 87.2 Å². The highest BCUT2D eigenvalue weighted by atomic mass is 32.2. The zero-order valence-corrected chi connectivity index (χ0v) is 18.4. The molecule has 1 amide bonds. The molecule has 2 rings (SSSR count). The molecule has 0 saturated carbocycles. The van der Waals surface area contributed by atoms with E-state index in [1.165, 1.54) is 4.31 Å². The monoisotopic (exact) mass is 451 g/mol. The third-order valence-corrected chi connectivity index (χ3v) is 6.12. The summed E-state index contributed by atoms with van der Waals surface area (Å²) >= 11 is 0. The third kappa shape index (κ3) is 7.13. The van der Waals surface area contributed by atoms with E-state index in [9.17, 15) is 26.4 Å². The van der Waals surface area contributed by atoms with E-state index in [0.717, 1.165) is 11.8 Å². The summed E-state index contributed by atoms with van der Waals surface area (Å²) in [7, 11) is -1.47. The molecule has 11 heteroatoms. The van der Waals surface area contributed by atoms with Crippen LogP contribution in [0.5, 0.6) is 5.75 Å². The van der Waals surface area contributed by atoms with E-state index in [0.29, 0.717) is 30.8 Å². The van der Waals surface area contributed by atoms with Crippen LogP contribution in [0.2, 0.25) is 0 Å². The van der Waals surface area contributed by atoms with Gasteiger partial charge >= 0.3 is 6.18 Å². The van der Waals surface area contributed by atoms with Crippen LogP contribution in [0.3, 0.4) is 0 Å². The van der Waals surface area contributed by atoms with Crippen molar-refractivity contribution in [2.45, 2.75) is 26.6 Å². The molecule has 30 heavy (non-hydrogen) atoms. The van der Waals surface area contributed by atoms with Gasteiger partial charge in [0.15, 0.2) is 6.61 Å². The molecule has 1 fully saturated rings. The molecule has 1 heterocycles. The number of sulfonamides is 1. The van der Waals surface area contributed by atoms with Crippen molar-refractivity contribution in [1.82, 2.24) is 14.1 Å². The lowest BCUT2D eigenvalue weighted by atomic mass is 10.1. The van der Waals surface area contributed by atoms with Gasteiger partial charge in [0.1, 0.15) is 5.75 Å². The minimum absolute atomic E-state index is 0.0933. The fraction of sp³-hybridized carbons (Fsp3) is 0.632. The summed E-state index contributed by atoms with van der Waals surface area (Å²) < 4.78 is 66.6. The van der Waals surface area contributed by atoms with Crippen LogP contribution in [0, 0.1) is 13.8 Å². The van der Waals surface area contributed by atoms with Gasteiger partial charge in [0, 0.05) is 32.7 Å². The largest absolute Gasteiger partial charge is 0.484 e. The number of nitrogens with zero attached hydrogens (tertiary/aromatic N) is 3. The number of alkyl halides is 3. The molecule has 0 radical (unpaired) electrons. The van der Waals surface area contributed by atoms with E-state index in [4.69, 9.17) is 4.74 Å². The summed E-state index contributed by atoms with van der Waals surface area (Å²) in [5.74, 6) is 0.128. The Bertz CT molecular complexity index is 843. The Hall–Kier alpha value is -1.85. The summed E-state index contributed by atoms with van der Waals surface area (Å²) in [4.78, 5) is 16.0. The van der Waals surface area contributed by atoms with Gasteiger partial charge in [-0.2, -0.15) is 17.5 Å². The number of carbonyl (C=O) groups excluding carboxylic acids is 1. The lowest BCUT2D eigenvalue weighted by Crippen LogP contribution is -2.52. The molecule has 0 N–H and O–H groups in total. The van der Waals surface area contributed by atoms with Gasteiger partial charge in [-0.3, -0.25) is 9.69 Å². The maximum Gasteiger partial charge on any atom is 0.422 e. The van der Waals surface area contributed by atoms with Crippen molar-refractivity contribution < 1.29 is 31.1 Å². The number of piperazine rings is 1. The topological polar surface area (TPSA) is 70.2 Å². The zero-order chi connectivity index (χ0) is 22.7. The van der Waals surface area contributed by atoms with Crippen LogP contribution in [0.1, 0.15) is 16.7 Å². The number of carbonyl (C=O) groups is 1. The molecule has 1 aliphatic heterocycles. The van der Waals surface area contributed by atoms with Crippen LogP contribution in [-0.2, 0) is 21.4 Å². The minimum Gasteiger partial charge on any atom is -0.484 e. The second kappa shape index (κ2) is 9.52. The summed E-state index contributed by atoms with van der Waals surface area (Å²) in [6, 6.07) is 3.51. The van der Waals surface area contributed by atoms with Crippen molar-refractivity contribution in [3.05, 3.63) is 28.8 Å². The summed E-state index contributed by atoms with van der Waals surface area (Å²) in [5, 5.41) is 0. The van der Waals surface area contributed by atoms with Crippen molar-refractivity contribution in [1.29, 1.82) is 0 Å². The number of rotatable bonds is 7. The first-order valence-electron chi connectivity index (χ1n) is 9.47. The lowest BCUT2D eigenvalue weighted by molar-refractivity contribution is -0.153. The second-order valence-corrected chi connectivity index (χ2v) is 9.66. The molecule has 7 nitrogen and oxygen atoms in total. The van der Waals surface area contributed by atoms with E-state index in [1.807, 2.05) is 4.90 Å². The van der Waals surface area contributed by atoms with Crippen molar-refractivity contribution in [3.8, 4) is 5.75 Å². The Morgan fingerprint density at radius 1 is 1.13 bits per heavy atom. The fourth-order valence-corrected chi connectivity index (χ4v) is 4.31. The SMILES string of the molecule is Cc1cc(CN(C)CC(=O)N2CCN(S(C)(=O)=O)CC2)cc(C)c1OCC(F)(F)F. The molecule has 0 aromatic heterocycles. The van der Waals surface area contributed by atoms with Gasteiger partial charge in [-0.15, -0.1) is 0 Å². The first kappa shape index (κ1) is 24.4. The first-order valence-corrected chi connectivity index (χ1v) is 11.3. The molecule has 0 unspecified atom stereocenters. The highest BCUT2D eigenvalue weighted by Crippen LogP contribution is 2.27. The molecule has 1 aliphatic rings. The van der Waals surface area contributed by atoms with Crippen LogP contribution < -0.4 is 4.74 Å². The van der Waals surface area contributed by atoms with Gasteiger partial charge in [-0.1, -0.05) is 12.1 Å². The number of aryl methyl sites for hydroxylation is 2. The Kier molecular flexibility index (Phi) is 7.75. The number of hydrogen-bond acceptors (Lipinski definition) is 5. The smallest absolute Gasteiger partial charge is 0.422 e. The highest BCUT2D eigenvalue weighted by molar-refractivity contribution is 7.88. The summed E-state index contributed by atoms with van der Waals surface area (Å²) in [5.41, 5.74) is 2.07. The molecule has 1 aromatic rings. The van der Waals surface area contributed by atoms with Crippen molar-refractivity contribution in [2.24, 2.45) is 0 Å². The zero-order valence-electron chi connectivity index (χ0n) is 17.6. The van der Waals surface area contributed by atoms with Crippen molar-refractivity contribution in [3.63, 3.8) is 0 Å². The first-order chi connectivity index (χ1) is 13.8. The number of likely N-dealkylation sites (N-methyl/N-ethyl adjacent to an activating group) is 1. The Morgan fingerprint density at radius 3 is 2.13 bits per heavy atom. The standard InChI is InChI=1S/C19H28F3N3O4S/c1-14-9-16(10-15(2)18(14)29-13-19(20,21)22)11-23(3)12-17(26)24-5-7-25(8-6-24)30(4,27)28/h9-10H,5-8,11-13H2,1-4H3. The number of benzene rings is 1. The summed E-state index contributed by atoms with van der Waals surface area (Å²) in [6.07, 6.45) is -3.24. The van der Waals surface area contributed by atoms with E-state index in [-0.39, 0.29) is 31.3 Å². The number of halogens is 3. The maximum atomic E-state index is 12.5. The van der Waals surface area contributed by atoms with E-state index in [2.05, 4.69) is 0 Å². The second-order valence-electron chi connectivity index (χ2n) is 7.68. The maximum absolute atomic E-state index is 12.5. The van der Waals surface area contributed by atoms with Gasteiger partial charge in [-0.05, 0) is 37.6 Å². The molecular weight excluding hydrogens is 423 g/mol. The van der Waals surface area contributed by atoms with Crippen molar-refractivity contribution >= 4 is 15.9 Å². The molecule has 0 spiro atoms. The van der Waals surface area contributed by atoms with Gasteiger partial charge < -0.3 is 9.64 Å². The van der Waals surface area contributed by atoms with Crippen LogP contribution in [0.4, 0.5) is 13.2 Å². The van der Waals surface area contributed by atoms with Gasteiger partial charge in [0.2, 0.25) is 15.9 Å². The molecular formula is C19H28F3N3O4S. The van der Waals surface area contributed by atoms with Crippen LogP contribution in [0.25, 0.3) is 0 Å². The van der Waals surface area contributed by atoms with Gasteiger partial charge in [0.05, 0.1) is 12.8 Å². The van der Waals surface area contributed by atoms with Crippen LogP contribution >= 0.6 is 0 Å². The number of ether oxygens (including phenoxy) is 1. The molecule has 1 aromatic carbocycles. The number of amides is 1. The quantitative estimate of drug-likeness (QED) is 0.632. The number of hydrogen-bond donors (Lipinski definition) is 0. The van der Waals surface area contributed by atoms with Gasteiger partial charge in [0.25, 0.3) is 0 Å². The lowest BCUT2D eigenvalue weighted by Gasteiger charge is -2.34. The van der Waals surface area contributed by atoms with Crippen LogP contribution in [0.15, 0.2) is 12.1 Å². The predicted molar refractivity (Wildman–Crippen MR) is 107 cm³/mol.